The van der Waals surface area contributed by atoms with E-state index < -0.39 is 27.4 Å². The van der Waals surface area contributed by atoms with Crippen LogP contribution < -0.4 is 9.73 Å². The molecule has 0 bridgehead atoms. The van der Waals surface area contributed by atoms with E-state index in [1.165, 1.54) is 42.5 Å². The zero-order valence-corrected chi connectivity index (χ0v) is 19.9. The summed E-state index contributed by atoms with van der Waals surface area (Å²) in [6.07, 6.45) is 0. The summed E-state index contributed by atoms with van der Waals surface area (Å²) in [4.78, 5) is 23.0. The Labute approximate surface area is 201 Å². The summed E-state index contributed by atoms with van der Waals surface area (Å²) in [7, 11) is -4.09. The van der Waals surface area contributed by atoms with Crippen LogP contribution in [0, 0.1) is 17.0 Å². The SMILES string of the molecule is C/C(=N/NC(=O)CN(c1cc(Cl)ccc1C)S(=O)(=O)c1ccccc1)c1ccc([N+](=O)[O-])cc1. The molecule has 0 aliphatic rings. The Balaban J connectivity index is 1.87. The molecule has 3 aromatic rings. The van der Waals surface area contributed by atoms with Gasteiger partial charge in [0.15, 0.2) is 0 Å². The van der Waals surface area contributed by atoms with Crippen molar-refractivity contribution in [2.24, 2.45) is 5.10 Å². The minimum Gasteiger partial charge on any atom is -0.271 e. The molecule has 34 heavy (non-hydrogen) atoms. The van der Waals surface area contributed by atoms with Crippen LogP contribution >= 0.6 is 11.6 Å². The molecule has 0 saturated carbocycles. The number of aryl methyl sites for hydroxylation is 1. The number of hydrogen-bond donors (Lipinski definition) is 1. The van der Waals surface area contributed by atoms with Gasteiger partial charge in [-0.05, 0) is 61.4 Å². The van der Waals surface area contributed by atoms with E-state index in [9.17, 15) is 23.3 Å². The van der Waals surface area contributed by atoms with Crippen LogP contribution in [0.4, 0.5) is 11.4 Å². The molecule has 0 spiro atoms. The van der Waals surface area contributed by atoms with Crippen molar-refractivity contribution in [3.63, 3.8) is 0 Å². The van der Waals surface area contributed by atoms with Crippen molar-refractivity contribution >= 4 is 44.6 Å². The van der Waals surface area contributed by atoms with Crippen molar-refractivity contribution in [2.75, 3.05) is 10.8 Å². The Bertz CT molecular complexity index is 1340. The van der Waals surface area contributed by atoms with Gasteiger partial charge in [0, 0.05) is 17.2 Å². The molecule has 3 rings (SSSR count). The maximum absolute atomic E-state index is 13.4. The highest BCUT2D eigenvalue weighted by Gasteiger charge is 2.28. The summed E-state index contributed by atoms with van der Waals surface area (Å²) in [6, 6.07) is 18.2. The molecule has 0 aliphatic heterocycles. The smallest absolute Gasteiger partial charge is 0.269 e. The predicted octanol–water partition coefficient (Wildman–Crippen LogP) is 4.29. The molecular weight excluding hydrogens is 480 g/mol. The second-order valence-electron chi connectivity index (χ2n) is 7.29. The van der Waals surface area contributed by atoms with E-state index in [2.05, 4.69) is 10.5 Å². The Kier molecular flexibility index (Phi) is 7.64. The minimum absolute atomic E-state index is 0.0211. The van der Waals surface area contributed by atoms with Gasteiger partial charge in [-0.3, -0.25) is 19.2 Å². The van der Waals surface area contributed by atoms with Gasteiger partial charge in [0.25, 0.3) is 21.6 Å². The summed E-state index contributed by atoms with van der Waals surface area (Å²) < 4.78 is 27.8. The van der Waals surface area contributed by atoms with Gasteiger partial charge >= 0.3 is 0 Å². The van der Waals surface area contributed by atoms with Crippen LogP contribution in [0.2, 0.25) is 5.02 Å². The zero-order chi connectivity index (χ0) is 24.9. The Hall–Kier alpha value is -3.76. The largest absolute Gasteiger partial charge is 0.271 e. The number of amides is 1. The average Bonchev–Trinajstić information content (AvgIpc) is 2.83. The number of nitrogens with one attached hydrogen (secondary N) is 1. The second-order valence-corrected chi connectivity index (χ2v) is 9.59. The lowest BCUT2D eigenvalue weighted by molar-refractivity contribution is -0.384. The molecular formula is C23H21ClN4O5S. The number of sulfonamides is 1. The van der Waals surface area contributed by atoms with Crippen LogP contribution in [-0.2, 0) is 14.8 Å². The van der Waals surface area contributed by atoms with Gasteiger partial charge in [0.05, 0.1) is 21.2 Å². The highest BCUT2D eigenvalue weighted by Crippen LogP contribution is 2.29. The normalized spacial score (nSPS) is 11.7. The third kappa shape index (κ3) is 5.77. The minimum atomic E-state index is -4.09. The summed E-state index contributed by atoms with van der Waals surface area (Å²) in [5.41, 5.74) is 4.11. The third-order valence-electron chi connectivity index (χ3n) is 4.90. The molecule has 0 unspecified atom stereocenters. The predicted molar refractivity (Wildman–Crippen MR) is 131 cm³/mol. The standard InChI is InChI=1S/C23H21ClN4O5S/c1-16-8-11-19(24)14-22(16)27(34(32,33)21-6-4-3-5-7-21)15-23(29)26-25-17(2)18-9-12-20(13-10-18)28(30)31/h3-14H,15H2,1-2H3,(H,26,29)/b25-17-. The van der Waals surface area contributed by atoms with Crippen molar-refractivity contribution in [3.8, 4) is 0 Å². The van der Waals surface area contributed by atoms with Gasteiger partial charge < -0.3 is 0 Å². The second kappa shape index (κ2) is 10.4. The number of halogens is 1. The monoisotopic (exact) mass is 500 g/mol. The molecule has 1 N–H and O–H groups in total. The van der Waals surface area contributed by atoms with Gasteiger partial charge in [-0.15, -0.1) is 0 Å². The number of nitro benzene ring substituents is 1. The first-order chi connectivity index (χ1) is 16.1. The number of hydrogen-bond acceptors (Lipinski definition) is 6. The molecule has 9 nitrogen and oxygen atoms in total. The molecule has 1 amide bonds. The lowest BCUT2D eigenvalue weighted by atomic mass is 10.1. The summed E-state index contributed by atoms with van der Waals surface area (Å²) in [5, 5.41) is 15.1. The van der Waals surface area contributed by atoms with Crippen LogP contribution in [0.15, 0.2) is 82.8 Å². The van der Waals surface area contributed by atoms with Crippen molar-refractivity contribution in [1.82, 2.24) is 5.43 Å². The highest BCUT2D eigenvalue weighted by atomic mass is 35.5. The highest BCUT2D eigenvalue weighted by molar-refractivity contribution is 7.92. The lowest BCUT2D eigenvalue weighted by Crippen LogP contribution is -2.40. The fourth-order valence-corrected chi connectivity index (χ4v) is 4.74. The third-order valence-corrected chi connectivity index (χ3v) is 6.91. The fourth-order valence-electron chi connectivity index (χ4n) is 3.07. The van der Waals surface area contributed by atoms with E-state index in [-0.39, 0.29) is 16.3 Å². The fraction of sp³-hybridized carbons (Fsp3) is 0.130. The van der Waals surface area contributed by atoms with E-state index in [4.69, 9.17) is 11.6 Å². The quantitative estimate of drug-likeness (QED) is 0.281. The molecule has 11 heteroatoms. The Morgan fingerprint density at radius 2 is 1.74 bits per heavy atom. The molecule has 0 radical (unpaired) electrons. The van der Waals surface area contributed by atoms with Crippen LogP contribution in [0.1, 0.15) is 18.1 Å². The summed E-state index contributed by atoms with van der Waals surface area (Å²) in [6.45, 7) is 2.78. The number of rotatable bonds is 8. The number of carbonyl (C=O) groups excluding carboxylic acids is 1. The van der Waals surface area contributed by atoms with Crippen molar-refractivity contribution in [3.05, 3.63) is 99.1 Å². The topological polar surface area (TPSA) is 122 Å². The van der Waals surface area contributed by atoms with E-state index in [1.807, 2.05) is 0 Å². The van der Waals surface area contributed by atoms with Gasteiger partial charge in [0.2, 0.25) is 0 Å². The first-order valence-corrected chi connectivity index (χ1v) is 11.8. The first kappa shape index (κ1) is 24.9. The van der Waals surface area contributed by atoms with Gasteiger partial charge in [0.1, 0.15) is 6.54 Å². The number of nitro groups is 1. The summed E-state index contributed by atoms with van der Waals surface area (Å²) in [5.74, 6) is -0.680. The maximum Gasteiger partial charge on any atom is 0.269 e. The molecule has 0 heterocycles. The molecule has 0 saturated heterocycles. The molecule has 3 aromatic carbocycles. The molecule has 0 aromatic heterocycles. The summed E-state index contributed by atoms with van der Waals surface area (Å²) >= 11 is 6.11. The number of carbonyl (C=O) groups is 1. The Morgan fingerprint density at radius 3 is 2.35 bits per heavy atom. The number of nitrogens with zero attached hydrogens (tertiary/aromatic N) is 3. The average molecular weight is 501 g/mol. The zero-order valence-electron chi connectivity index (χ0n) is 18.3. The number of hydrazone groups is 1. The van der Waals surface area contributed by atoms with Gasteiger partial charge in [-0.25, -0.2) is 13.8 Å². The Morgan fingerprint density at radius 1 is 1.09 bits per heavy atom. The molecule has 0 atom stereocenters. The van der Waals surface area contributed by atoms with Gasteiger partial charge in [-0.2, -0.15) is 5.10 Å². The maximum atomic E-state index is 13.4. The van der Waals surface area contributed by atoms with Crippen LogP contribution in [0.25, 0.3) is 0 Å². The van der Waals surface area contributed by atoms with Crippen molar-refractivity contribution in [1.29, 1.82) is 0 Å². The van der Waals surface area contributed by atoms with Crippen LogP contribution in [0.5, 0.6) is 0 Å². The van der Waals surface area contributed by atoms with E-state index in [1.54, 1.807) is 44.2 Å². The van der Waals surface area contributed by atoms with E-state index >= 15 is 0 Å². The van der Waals surface area contributed by atoms with Crippen LogP contribution in [-0.4, -0.2) is 31.5 Å². The molecule has 0 fully saturated rings. The first-order valence-electron chi connectivity index (χ1n) is 10.0. The van der Waals surface area contributed by atoms with Crippen molar-refractivity contribution in [2.45, 2.75) is 18.7 Å². The van der Waals surface area contributed by atoms with Crippen LogP contribution in [0.3, 0.4) is 0 Å². The molecule has 176 valence electrons. The van der Waals surface area contributed by atoms with E-state index in [0.29, 0.717) is 21.9 Å². The lowest BCUT2D eigenvalue weighted by Gasteiger charge is -2.25. The van der Waals surface area contributed by atoms with E-state index in [0.717, 1.165) is 4.31 Å². The number of anilines is 1. The number of benzene rings is 3. The van der Waals surface area contributed by atoms with Crippen molar-refractivity contribution < 1.29 is 18.1 Å². The molecule has 0 aliphatic carbocycles. The number of non-ortho nitro benzene ring substituents is 1. The van der Waals surface area contributed by atoms with Gasteiger partial charge in [-0.1, -0.05) is 35.9 Å².